The van der Waals surface area contributed by atoms with Crippen molar-refractivity contribution in [2.75, 3.05) is 26.2 Å². The Morgan fingerprint density at radius 2 is 1.65 bits per heavy atom. The highest BCUT2D eigenvalue weighted by Gasteiger charge is 2.57. The van der Waals surface area contributed by atoms with Crippen LogP contribution in [0.15, 0.2) is 0 Å². The first-order valence-corrected chi connectivity index (χ1v) is 10.5. The molecule has 0 aromatic rings. The molecule has 0 radical (unpaired) electrons. The fraction of sp³-hybridized carbons (Fsp3) is 0.947. The van der Waals surface area contributed by atoms with Crippen LogP contribution in [0.1, 0.15) is 57.8 Å². The number of nitrogens with zero attached hydrogens (tertiary/aromatic N) is 2. The van der Waals surface area contributed by atoms with Crippen LogP contribution in [0.2, 0.25) is 0 Å². The van der Waals surface area contributed by atoms with Gasteiger partial charge in [0, 0.05) is 43.0 Å². The Kier molecular flexibility index (Phi) is 3.44. The predicted octanol–water partition coefficient (Wildman–Crippen LogP) is 3.42. The average Bonchev–Trinajstić information content (AvgIpc) is 3.28. The molecule has 0 spiro atoms. The average molecular weight is 381 g/mol. The molecule has 1 amide bonds. The lowest BCUT2D eigenvalue weighted by molar-refractivity contribution is -0.140. The summed E-state index contributed by atoms with van der Waals surface area (Å²) in [7, 11) is 0. The number of hydrogen-bond acceptors (Lipinski definition) is 2. The van der Waals surface area contributed by atoms with E-state index >= 15 is 0 Å². The molecular formula is C19H29BrN2O. The number of amides is 1. The molecule has 0 aromatic carbocycles. The van der Waals surface area contributed by atoms with E-state index in [0.29, 0.717) is 15.6 Å². The van der Waals surface area contributed by atoms with E-state index in [-0.39, 0.29) is 0 Å². The van der Waals surface area contributed by atoms with Gasteiger partial charge in [0.1, 0.15) is 0 Å². The number of carbonyl (C=O) groups excluding carboxylic acids is 1. The van der Waals surface area contributed by atoms with Crippen molar-refractivity contribution in [2.45, 2.75) is 68.2 Å². The van der Waals surface area contributed by atoms with Crippen molar-refractivity contribution in [3.8, 4) is 0 Å². The number of rotatable bonds is 3. The molecule has 1 aliphatic heterocycles. The number of piperazine rings is 1. The summed E-state index contributed by atoms with van der Waals surface area (Å²) in [5.74, 6) is 2.23. The molecular weight excluding hydrogens is 352 g/mol. The van der Waals surface area contributed by atoms with Gasteiger partial charge in [0.15, 0.2) is 0 Å². The van der Waals surface area contributed by atoms with Crippen LogP contribution < -0.4 is 0 Å². The molecule has 2 unspecified atom stereocenters. The van der Waals surface area contributed by atoms with E-state index < -0.39 is 0 Å². The first-order chi connectivity index (χ1) is 11.0. The summed E-state index contributed by atoms with van der Waals surface area (Å²) in [6, 6.07) is 0.851. The lowest BCUT2D eigenvalue weighted by atomic mass is 9.48. The van der Waals surface area contributed by atoms with Gasteiger partial charge in [-0.1, -0.05) is 15.9 Å². The molecule has 1 heterocycles. The zero-order valence-electron chi connectivity index (χ0n) is 14.1. The quantitative estimate of drug-likeness (QED) is 0.700. The zero-order valence-corrected chi connectivity index (χ0v) is 15.7. The molecule has 128 valence electrons. The number of hydrogen-bond donors (Lipinski definition) is 0. The van der Waals surface area contributed by atoms with Gasteiger partial charge in [0.2, 0.25) is 5.91 Å². The minimum atomic E-state index is 0.332. The van der Waals surface area contributed by atoms with E-state index in [1.165, 1.54) is 51.4 Å². The Morgan fingerprint density at radius 3 is 2.22 bits per heavy atom. The van der Waals surface area contributed by atoms with Gasteiger partial charge in [0.25, 0.3) is 0 Å². The summed E-state index contributed by atoms with van der Waals surface area (Å²) in [6.45, 7) is 4.16. The minimum absolute atomic E-state index is 0.332. The summed E-state index contributed by atoms with van der Waals surface area (Å²) >= 11 is 4.08. The Labute approximate surface area is 148 Å². The van der Waals surface area contributed by atoms with Gasteiger partial charge in [-0.15, -0.1) is 0 Å². The Morgan fingerprint density at radius 1 is 1.00 bits per heavy atom. The molecule has 1 saturated heterocycles. The molecule has 6 aliphatic rings. The molecule has 0 N–H and O–H groups in total. The van der Waals surface area contributed by atoms with E-state index in [9.17, 15) is 4.79 Å². The van der Waals surface area contributed by atoms with Crippen molar-refractivity contribution in [2.24, 2.45) is 17.3 Å². The smallest absolute Gasteiger partial charge is 0.223 e. The zero-order chi connectivity index (χ0) is 15.7. The second kappa shape index (κ2) is 5.20. The number of halogens is 1. The minimum Gasteiger partial charge on any atom is -0.340 e. The van der Waals surface area contributed by atoms with E-state index in [0.717, 1.165) is 50.5 Å². The molecule has 5 saturated carbocycles. The highest BCUT2D eigenvalue weighted by molar-refractivity contribution is 9.10. The Hall–Kier alpha value is -0.0900. The highest BCUT2D eigenvalue weighted by Crippen LogP contribution is 2.65. The van der Waals surface area contributed by atoms with Crippen LogP contribution >= 0.6 is 15.9 Å². The summed E-state index contributed by atoms with van der Waals surface area (Å²) in [6.07, 6.45) is 11.6. The van der Waals surface area contributed by atoms with E-state index in [2.05, 4.69) is 25.7 Å². The largest absolute Gasteiger partial charge is 0.340 e. The molecule has 2 atom stereocenters. The van der Waals surface area contributed by atoms with Crippen LogP contribution in [0, 0.1) is 17.3 Å². The maximum absolute atomic E-state index is 13.0. The summed E-state index contributed by atoms with van der Waals surface area (Å²) in [4.78, 5) is 17.7. The Balaban J connectivity index is 1.24. The monoisotopic (exact) mass is 380 g/mol. The van der Waals surface area contributed by atoms with E-state index in [4.69, 9.17) is 0 Å². The third-order valence-corrected chi connectivity index (χ3v) is 8.30. The lowest BCUT2D eigenvalue weighted by Gasteiger charge is -2.60. The second-order valence-corrected chi connectivity index (χ2v) is 11.1. The summed E-state index contributed by atoms with van der Waals surface area (Å²) < 4.78 is 0.377. The van der Waals surface area contributed by atoms with Gasteiger partial charge >= 0.3 is 0 Å². The van der Waals surface area contributed by atoms with Crippen LogP contribution in [0.4, 0.5) is 0 Å². The Bertz CT molecular complexity index is 495. The molecule has 6 rings (SSSR count). The predicted molar refractivity (Wildman–Crippen MR) is 94.6 cm³/mol. The SMILES string of the molecule is O=C(CC12CC3CC(CC(Br)(C3)C1)C2)N1CCN(C2CC2)CC1. The van der Waals surface area contributed by atoms with Crippen molar-refractivity contribution in [3.05, 3.63) is 0 Å². The van der Waals surface area contributed by atoms with Crippen molar-refractivity contribution < 1.29 is 4.79 Å². The van der Waals surface area contributed by atoms with E-state index in [1.54, 1.807) is 0 Å². The van der Waals surface area contributed by atoms with Gasteiger partial charge in [-0.25, -0.2) is 0 Å². The van der Waals surface area contributed by atoms with Gasteiger partial charge in [0.05, 0.1) is 0 Å². The third kappa shape index (κ3) is 2.78. The van der Waals surface area contributed by atoms with Gasteiger partial charge in [-0.05, 0) is 68.6 Å². The fourth-order valence-electron chi connectivity index (χ4n) is 6.75. The van der Waals surface area contributed by atoms with Crippen molar-refractivity contribution in [3.63, 3.8) is 0 Å². The molecule has 0 aromatic heterocycles. The second-order valence-electron chi connectivity index (χ2n) is 9.44. The molecule has 3 nitrogen and oxygen atoms in total. The van der Waals surface area contributed by atoms with Gasteiger partial charge < -0.3 is 4.90 Å². The normalized spacial score (nSPS) is 46.4. The lowest BCUT2D eigenvalue weighted by Crippen LogP contribution is -2.55. The van der Waals surface area contributed by atoms with Crippen molar-refractivity contribution >= 4 is 21.8 Å². The molecule has 4 heteroatoms. The molecule has 5 aliphatic carbocycles. The van der Waals surface area contributed by atoms with Crippen LogP contribution in [0.3, 0.4) is 0 Å². The number of carbonyl (C=O) groups is 1. The first-order valence-electron chi connectivity index (χ1n) is 9.73. The van der Waals surface area contributed by atoms with Crippen LogP contribution in [0.5, 0.6) is 0 Å². The molecule has 6 fully saturated rings. The summed E-state index contributed by atoms with van der Waals surface area (Å²) in [5, 5.41) is 0. The number of alkyl halides is 1. The highest BCUT2D eigenvalue weighted by atomic mass is 79.9. The maximum atomic E-state index is 13.0. The topological polar surface area (TPSA) is 23.6 Å². The van der Waals surface area contributed by atoms with Crippen molar-refractivity contribution in [1.82, 2.24) is 9.80 Å². The van der Waals surface area contributed by atoms with Crippen LogP contribution in [-0.4, -0.2) is 52.3 Å². The molecule has 4 bridgehead atoms. The van der Waals surface area contributed by atoms with E-state index in [1.807, 2.05) is 0 Å². The van der Waals surface area contributed by atoms with Gasteiger partial charge in [-0.3, -0.25) is 9.69 Å². The maximum Gasteiger partial charge on any atom is 0.223 e. The van der Waals surface area contributed by atoms with Crippen LogP contribution in [0.25, 0.3) is 0 Å². The first kappa shape index (κ1) is 15.2. The van der Waals surface area contributed by atoms with Crippen LogP contribution in [-0.2, 0) is 4.79 Å². The van der Waals surface area contributed by atoms with Gasteiger partial charge in [-0.2, -0.15) is 0 Å². The van der Waals surface area contributed by atoms with Crippen molar-refractivity contribution in [1.29, 1.82) is 0 Å². The fourth-order valence-corrected chi connectivity index (χ4v) is 8.26. The third-order valence-electron chi connectivity index (χ3n) is 7.37. The standard InChI is InChI=1S/C19H29BrN2O/c20-19-10-14-7-15(11-19)9-18(8-14,13-19)12-17(23)22-5-3-21(4-6-22)16-1-2-16/h14-16H,1-13H2. The molecule has 23 heavy (non-hydrogen) atoms. The summed E-state index contributed by atoms with van der Waals surface area (Å²) in [5.41, 5.74) is 0.332.